The molecular weight excluding hydrogens is 681 g/mol. The molecule has 0 unspecified atom stereocenters. The van der Waals surface area contributed by atoms with E-state index < -0.39 is 15.8 Å². The van der Waals surface area contributed by atoms with E-state index in [-0.39, 0.29) is 20.4 Å². The fourth-order valence-electron chi connectivity index (χ4n) is 4.63. The van der Waals surface area contributed by atoms with E-state index in [2.05, 4.69) is 182 Å². The monoisotopic (exact) mass is 718 g/mol. The van der Waals surface area contributed by atoms with Gasteiger partial charge in [-0.2, -0.15) is 13.8 Å². The van der Waals surface area contributed by atoms with Crippen molar-refractivity contribution in [3.8, 4) is 0 Å². The van der Waals surface area contributed by atoms with Crippen molar-refractivity contribution in [2.24, 2.45) is 0 Å². The van der Waals surface area contributed by atoms with E-state index in [1.165, 1.54) is 58.2 Å². The van der Waals surface area contributed by atoms with E-state index >= 15 is 0 Å². The molecule has 5 heteroatoms. The minimum Gasteiger partial charge on any atom is -0.542 e. The van der Waals surface area contributed by atoms with Crippen LogP contribution in [-0.2, 0) is 30.0 Å². The third-order valence-electron chi connectivity index (χ3n) is 6.37. The summed E-state index contributed by atoms with van der Waals surface area (Å²) in [6, 6.07) is 65.0. The van der Waals surface area contributed by atoms with Gasteiger partial charge in [0.05, 0.1) is 15.8 Å². The molecule has 6 rings (SSSR count). The second kappa shape index (κ2) is 22.7. The molecule has 228 valence electrons. The zero-order chi connectivity index (χ0) is 31.2. The molecule has 0 bridgehead atoms. The van der Waals surface area contributed by atoms with Crippen LogP contribution in [0.1, 0.15) is 13.8 Å². The van der Waals surface area contributed by atoms with Crippen LogP contribution in [0.2, 0.25) is 0 Å². The zero-order valence-electron chi connectivity index (χ0n) is 25.5. The van der Waals surface area contributed by atoms with Crippen molar-refractivity contribution in [1.82, 2.24) is 0 Å². The van der Waals surface area contributed by atoms with Crippen molar-refractivity contribution in [1.29, 1.82) is 0 Å². The van der Waals surface area contributed by atoms with Gasteiger partial charge < -0.3 is 9.59 Å². The first-order valence-electron chi connectivity index (χ1n) is 14.4. The third-order valence-corrected chi connectivity index (χ3v) is 11.8. The molecule has 6 aromatic rings. The Bertz CT molecular complexity index is 1280. The summed E-state index contributed by atoms with van der Waals surface area (Å²) in [5.41, 5.74) is 0. The molecule has 0 aliphatic heterocycles. The van der Waals surface area contributed by atoms with Gasteiger partial charge >= 0.3 is 20.4 Å². The molecule has 0 radical (unpaired) electrons. The Morgan fingerprint density at radius 2 is 0.422 bits per heavy atom. The summed E-state index contributed by atoms with van der Waals surface area (Å²) in [6.45, 7) is 2.64. The molecule has 0 aliphatic carbocycles. The van der Waals surface area contributed by atoms with Crippen molar-refractivity contribution in [2.45, 2.75) is 13.8 Å². The number of benzene rings is 6. The third kappa shape index (κ3) is 12.6. The first-order valence-corrected chi connectivity index (χ1v) is 17.4. The largest absolute Gasteiger partial charge is 2.00 e. The van der Waals surface area contributed by atoms with Gasteiger partial charge in [-0.3, -0.25) is 12.6 Å². The Morgan fingerprint density at radius 3 is 0.533 bits per heavy atom. The van der Waals surface area contributed by atoms with E-state index in [0.29, 0.717) is 0 Å². The molecule has 6 aromatic carbocycles. The number of hydrogen-bond donors (Lipinski definition) is 0. The van der Waals surface area contributed by atoms with Gasteiger partial charge in [-0.15, -0.1) is 0 Å². The molecule has 0 saturated carbocycles. The van der Waals surface area contributed by atoms with Crippen LogP contribution < -0.4 is 31.8 Å². The normalized spacial score (nSPS) is 9.51. The topological polar surface area (TPSA) is 34.1 Å². The van der Waals surface area contributed by atoms with E-state index in [4.69, 9.17) is 9.59 Å². The van der Waals surface area contributed by atoms with Crippen LogP contribution in [0.5, 0.6) is 0 Å². The summed E-state index contributed by atoms with van der Waals surface area (Å²) in [5, 5.41) is 8.61. The molecule has 0 amide bonds. The Balaban J connectivity index is 0.000000262. The SMILES string of the molecule is C[C-]=O.C[C-]=O.[Pd+2].c1ccc([PH+](c2ccccc2)c2ccccc2)cc1.c1ccc([PH+](c2ccccc2)c2ccccc2)cc1. The van der Waals surface area contributed by atoms with Gasteiger partial charge in [0.25, 0.3) is 0 Å². The molecule has 0 saturated heterocycles. The van der Waals surface area contributed by atoms with Crippen molar-refractivity contribution in [2.75, 3.05) is 0 Å². The molecule has 0 fully saturated rings. The molecular formula is C40H38O2P2Pd+2. The van der Waals surface area contributed by atoms with Crippen LogP contribution in [0, 0.1) is 0 Å². The van der Waals surface area contributed by atoms with Crippen LogP contribution in [0.15, 0.2) is 182 Å². The maximum absolute atomic E-state index is 8.68. The van der Waals surface area contributed by atoms with Gasteiger partial charge in [-0.1, -0.05) is 109 Å². The van der Waals surface area contributed by atoms with Crippen LogP contribution in [-0.4, -0.2) is 12.6 Å². The van der Waals surface area contributed by atoms with Crippen LogP contribution >= 0.6 is 15.8 Å². The van der Waals surface area contributed by atoms with Gasteiger partial charge in [-0.05, 0) is 72.8 Å². The summed E-state index contributed by atoms with van der Waals surface area (Å²) in [5.74, 6) is 0. The van der Waals surface area contributed by atoms with E-state index in [1.54, 1.807) is 0 Å². The minimum atomic E-state index is -0.877. The van der Waals surface area contributed by atoms with Crippen molar-refractivity contribution in [3.05, 3.63) is 182 Å². The van der Waals surface area contributed by atoms with Crippen molar-refractivity contribution >= 4 is 60.2 Å². The molecule has 0 N–H and O–H groups in total. The maximum atomic E-state index is 8.68. The second-order valence-electron chi connectivity index (χ2n) is 9.35. The number of carbonyl (C=O) groups excluding carboxylic acids is 2. The van der Waals surface area contributed by atoms with Gasteiger partial charge in [0, 0.05) is 0 Å². The quantitative estimate of drug-likeness (QED) is 0.111. The molecule has 45 heavy (non-hydrogen) atoms. The van der Waals surface area contributed by atoms with E-state index in [0.717, 1.165) is 0 Å². The number of rotatable bonds is 6. The molecule has 0 heterocycles. The van der Waals surface area contributed by atoms with E-state index in [1.807, 2.05) is 0 Å². The van der Waals surface area contributed by atoms with E-state index in [9.17, 15) is 0 Å². The van der Waals surface area contributed by atoms with Gasteiger partial charge in [0.1, 0.15) is 31.8 Å². The average Bonchev–Trinajstić information content (AvgIpc) is 3.09. The van der Waals surface area contributed by atoms with Crippen LogP contribution in [0.4, 0.5) is 0 Å². The first-order chi connectivity index (χ1) is 21.7. The Kier molecular flexibility index (Phi) is 18.8. The fourth-order valence-corrected chi connectivity index (χ4v) is 9.78. The predicted octanol–water partition coefficient (Wildman–Crippen LogP) is 6.58. The first kappa shape index (κ1) is 37.4. The minimum absolute atomic E-state index is 0. The Hall–Kier alpha value is -3.82. The summed E-state index contributed by atoms with van der Waals surface area (Å²) < 4.78 is 0. The summed E-state index contributed by atoms with van der Waals surface area (Å²) in [7, 11) is -1.75. The van der Waals surface area contributed by atoms with Crippen molar-refractivity contribution < 1.29 is 30.0 Å². The number of hydrogen-bond acceptors (Lipinski definition) is 2. The Morgan fingerprint density at radius 1 is 0.311 bits per heavy atom. The van der Waals surface area contributed by atoms with Crippen LogP contribution in [0.3, 0.4) is 0 Å². The zero-order valence-corrected chi connectivity index (χ0v) is 29.0. The van der Waals surface area contributed by atoms with Gasteiger partial charge in [0.2, 0.25) is 0 Å². The molecule has 0 atom stereocenters. The van der Waals surface area contributed by atoms with Crippen molar-refractivity contribution in [3.63, 3.8) is 0 Å². The molecule has 0 aromatic heterocycles. The van der Waals surface area contributed by atoms with Crippen LogP contribution in [0.25, 0.3) is 0 Å². The maximum Gasteiger partial charge on any atom is 2.00 e. The standard InChI is InChI=1S/2C18H15P.2C2H3O.Pd/c2*1-4-10-16(11-5-1)19(17-12-6-2-7-13-17)18-14-8-3-9-15-18;2*1-2-3;/h2*1-15H;2*1H3;/q;;2*-1;+2/p+2. The smallest absolute Gasteiger partial charge is 0.542 e. The average molecular weight is 719 g/mol. The summed E-state index contributed by atoms with van der Waals surface area (Å²) in [6.07, 6.45) is 3.00. The molecule has 0 aliphatic rings. The molecule has 2 nitrogen and oxygen atoms in total. The summed E-state index contributed by atoms with van der Waals surface area (Å²) in [4.78, 5) is 17.4. The summed E-state index contributed by atoms with van der Waals surface area (Å²) >= 11 is 0. The van der Waals surface area contributed by atoms with Gasteiger partial charge in [-0.25, -0.2) is 0 Å². The van der Waals surface area contributed by atoms with Gasteiger partial charge in [0.15, 0.2) is 0 Å². The second-order valence-corrected chi connectivity index (χ2v) is 14.3. The Labute approximate surface area is 284 Å². The predicted molar refractivity (Wildman–Crippen MR) is 196 cm³/mol. The molecule has 0 spiro atoms. The fraction of sp³-hybridized carbons (Fsp3) is 0.0500.